The molecule has 3 rings (SSSR count). The zero-order valence-electron chi connectivity index (χ0n) is 16.6. The van der Waals surface area contributed by atoms with Gasteiger partial charge < -0.3 is 0 Å². The largest absolute Gasteiger partial charge is 0.203 e. The molecule has 0 spiro atoms. The van der Waals surface area contributed by atoms with Crippen LogP contribution in [0, 0.1) is 81.4 Å². The summed E-state index contributed by atoms with van der Waals surface area (Å²) in [7, 11) is 0. The summed E-state index contributed by atoms with van der Waals surface area (Å²) in [4.78, 5) is 0. The summed E-state index contributed by atoms with van der Waals surface area (Å²) in [5.74, 6) is -33.8. The van der Waals surface area contributed by atoms with Gasteiger partial charge in [0.05, 0.1) is 22.3 Å². The Hall–Kier alpha value is -3.84. The Kier molecular flexibility index (Phi) is 7.18. The molecule has 0 bridgehead atoms. The average Bonchev–Trinajstić information content (AvgIpc) is 2.86. The lowest BCUT2D eigenvalue weighted by Gasteiger charge is -2.09. The summed E-state index contributed by atoms with van der Waals surface area (Å²) in [5, 5.41) is 0. The third-order valence-electron chi connectivity index (χ3n) is 4.65. The van der Waals surface area contributed by atoms with E-state index in [1.54, 1.807) is 0 Å². The van der Waals surface area contributed by atoms with Crippen molar-refractivity contribution in [2.75, 3.05) is 0 Å². The van der Waals surface area contributed by atoms with Gasteiger partial charge in [0.15, 0.2) is 69.8 Å². The van der Waals surface area contributed by atoms with E-state index in [-0.39, 0.29) is 24.3 Å². The fourth-order valence-corrected chi connectivity index (χ4v) is 2.83. The predicted molar refractivity (Wildman–Crippen MR) is 96.6 cm³/mol. The molecule has 0 aliphatic heterocycles. The van der Waals surface area contributed by atoms with Crippen LogP contribution in [0.15, 0.2) is 0 Å². The van der Waals surface area contributed by atoms with Gasteiger partial charge in [-0.1, -0.05) is 0 Å². The van der Waals surface area contributed by atoms with Crippen LogP contribution < -0.4 is 0 Å². The van der Waals surface area contributed by atoms with E-state index in [4.69, 9.17) is 0 Å². The molecule has 3 aromatic rings. The summed E-state index contributed by atoms with van der Waals surface area (Å²) in [6, 6.07) is 0. The zero-order valence-corrected chi connectivity index (χ0v) is 16.6. The SMILES string of the molecule is Fc1c(F)c(F)c(C=Cc2c(F)c(F)c(C=Cc3c(F)c(F)c(F)c(F)c3F)c(F)c2F)c(F)c1F. The van der Waals surface area contributed by atoms with Gasteiger partial charge >= 0.3 is 0 Å². The van der Waals surface area contributed by atoms with E-state index in [0.29, 0.717) is 0 Å². The maximum absolute atomic E-state index is 14.3. The van der Waals surface area contributed by atoms with Crippen LogP contribution in [0.5, 0.6) is 0 Å². The Morgan fingerprint density at radius 2 is 0.306 bits per heavy atom. The predicted octanol–water partition coefficient (Wildman–Crippen LogP) is 7.97. The van der Waals surface area contributed by atoms with Gasteiger partial charge in [0.1, 0.15) is 0 Å². The smallest absolute Gasteiger partial charge is 0.200 e. The van der Waals surface area contributed by atoms with Crippen molar-refractivity contribution in [1.29, 1.82) is 0 Å². The van der Waals surface area contributed by atoms with E-state index in [1.165, 1.54) is 0 Å². The molecule has 190 valence electrons. The van der Waals surface area contributed by atoms with Crippen LogP contribution in [0.2, 0.25) is 0 Å². The first-order valence-corrected chi connectivity index (χ1v) is 8.97. The standard InChI is InChI=1S/C22H4F14/c23-9-5(1-3-7-13(27)17(31)21(35)18(32)14(7)28)10(24)12(26)6(11(9)25)2-4-8-15(29)19(33)22(36)20(34)16(8)30/h1-4H. The van der Waals surface area contributed by atoms with Crippen molar-refractivity contribution in [3.05, 3.63) is 104 Å². The van der Waals surface area contributed by atoms with E-state index >= 15 is 0 Å². The maximum atomic E-state index is 14.3. The van der Waals surface area contributed by atoms with Crippen LogP contribution in [0.1, 0.15) is 22.3 Å². The maximum Gasteiger partial charge on any atom is 0.200 e. The van der Waals surface area contributed by atoms with Crippen molar-refractivity contribution in [3.63, 3.8) is 0 Å². The summed E-state index contributed by atoms with van der Waals surface area (Å²) in [6.07, 6.45) is -0.318. The van der Waals surface area contributed by atoms with Crippen molar-refractivity contribution in [1.82, 2.24) is 0 Å². The second-order valence-corrected chi connectivity index (χ2v) is 6.72. The molecule has 0 aliphatic rings. The molecule has 14 heteroatoms. The lowest BCUT2D eigenvalue weighted by molar-refractivity contribution is 0.377. The van der Waals surface area contributed by atoms with Crippen molar-refractivity contribution in [2.45, 2.75) is 0 Å². The van der Waals surface area contributed by atoms with E-state index in [9.17, 15) is 61.5 Å². The van der Waals surface area contributed by atoms with E-state index in [2.05, 4.69) is 0 Å². The molecule has 0 saturated carbocycles. The number of rotatable bonds is 4. The van der Waals surface area contributed by atoms with E-state index in [0.717, 1.165) is 0 Å². The van der Waals surface area contributed by atoms with Gasteiger partial charge in [-0.3, -0.25) is 0 Å². The summed E-state index contributed by atoms with van der Waals surface area (Å²) < 4.78 is 191. The highest BCUT2D eigenvalue weighted by molar-refractivity contribution is 5.75. The van der Waals surface area contributed by atoms with Gasteiger partial charge in [-0.2, -0.15) is 0 Å². The molecule has 0 saturated heterocycles. The summed E-state index contributed by atoms with van der Waals surface area (Å²) in [5.41, 5.74) is -6.88. The molecule has 3 aromatic carbocycles. The van der Waals surface area contributed by atoms with E-state index < -0.39 is 104 Å². The molecule has 0 atom stereocenters. The molecular weight excluding hydrogens is 530 g/mol. The molecule has 0 N–H and O–H groups in total. The van der Waals surface area contributed by atoms with Crippen molar-refractivity contribution in [3.8, 4) is 0 Å². The molecular formula is C22H4F14. The second kappa shape index (κ2) is 9.66. The molecule has 0 fully saturated rings. The Morgan fingerprint density at radius 1 is 0.194 bits per heavy atom. The fourth-order valence-electron chi connectivity index (χ4n) is 2.83. The topological polar surface area (TPSA) is 0 Å². The molecule has 0 radical (unpaired) electrons. The molecule has 0 unspecified atom stereocenters. The first-order chi connectivity index (χ1) is 16.7. The molecule has 0 nitrogen and oxygen atoms in total. The lowest BCUT2D eigenvalue weighted by atomic mass is 10.0. The highest BCUT2D eigenvalue weighted by Crippen LogP contribution is 2.30. The Balaban J connectivity index is 2.13. The monoisotopic (exact) mass is 534 g/mol. The lowest BCUT2D eigenvalue weighted by Crippen LogP contribution is -2.05. The molecule has 0 aliphatic carbocycles. The Labute approximate surface area is 190 Å². The van der Waals surface area contributed by atoms with Crippen molar-refractivity contribution < 1.29 is 61.5 Å². The number of halogens is 14. The highest BCUT2D eigenvalue weighted by Gasteiger charge is 2.27. The normalized spacial score (nSPS) is 11.9. The van der Waals surface area contributed by atoms with Gasteiger partial charge in [0, 0.05) is 0 Å². The summed E-state index contributed by atoms with van der Waals surface area (Å²) in [6.45, 7) is 0. The summed E-state index contributed by atoms with van der Waals surface area (Å²) >= 11 is 0. The van der Waals surface area contributed by atoms with Crippen LogP contribution in [0.25, 0.3) is 24.3 Å². The molecule has 0 heterocycles. The van der Waals surface area contributed by atoms with Crippen molar-refractivity contribution in [2.24, 2.45) is 0 Å². The highest BCUT2D eigenvalue weighted by atomic mass is 19.2. The third kappa shape index (κ3) is 4.20. The van der Waals surface area contributed by atoms with Gasteiger partial charge in [-0.05, 0) is 24.3 Å². The first kappa shape index (κ1) is 26.8. The van der Waals surface area contributed by atoms with E-state index in [1.807, 2.05) is 0 Å². The Bertz CT molecular complexity index is 1270. The molecule has 0 aromatic heterocycles. The minimum atomic E-state index is -2.55. The van der Waals surface area contributed by atoms with Gasteiger partial charge in [-0.15, -0.1) is 0 Å². The van der Waals surface area contributed by atoms with Crippen LogP contribution in [-0.2, 0) is 0 Å². The quantitative estimate of drug-likeness (QED) is 0.138. The van der Waals surface area contributed by atoms with Crippen LogP contribution >= 0.6 is 0 Å². The fraction of sp³-hybridized carbons (Fsp3) is 0. The Morgan fingerprint density at radius 3 is 0.472 bits per heavy atom. The molecule has 0 amide bonds. The van der Waals surface area contributed by atoms with Gasteiger partial charge in [-0.25, -0.2) is 61.5 Å². The van der Waals surface area contributed by atoms with Gasteiger partial charge in [0.2, 0.25) is 11.6 Å². The zero-order chi connectivity index (χ0) is 27.2. The number of hydrogen-bond donors (Lipinski definition) is 0. The number of benzene rings is 3. The first-order valence-electron chi connectivity index (χ1n) is 8.97. The van der Waals surface area contributed by atoms with Crippen LogP contribution in [0.4, 0.5) is 61.5 Å². The number of hydrogen-bond acceptors (Lipinski definition) is 0. The van der Waals surface area contributed by atoms with Crippen molar-refractivity contribution >= 4 is 24.3 Å². The van der Waals surface area contributed by atoms with Crippen LogP contribution in [0.3, 0.4) is 0 Å². The second-order valence-electron chi connectivity index (χ2n) is 6.72. The third-order valence-corrected chi connectivity index (χ3v) is 4.65. The van der Waals surface area contributed by atoms with Gasteiger partial charge in [0.25, 0.3) is 0 Å². The minimum absolute atomic E-state index is 0.0767. The average molecular weight is 534 g/mol. The molecule has 36 heavy (non-hydrogen) atoms. The van der Waals surface area contributed by atoms with Crippen LogP contribution in [-0.4, -0.2) is 0 Å². The minimum Gasteiger partial charge on any atom is -0.203 e.